The number of hydrogen-bond acceptors (Lipinski definition) is 4. The SMILES string of the molecule is COC(=O)CNC(=O)NC(C)CCc1ccc(OC)cc1. The van der Waals surface area contributed by atoms with E-state index in [-0.39, 0.29) is 18.6 Å². The van der Waals surface area contributed by atoms with E-state index in [4.69, 9.17) is 4.74 Å². The van der Waals surface area contributed by atoms with Crippen molar-refractivity contribution in [2.24, 2.45) is 0 Å². The molecular weight excluding hydrogens is 272 g/mol. The smallest absolute Gasteiger partial charge is 0.325 e. The molecule has 21 heavy (non-hydrogen) atoms. The maximum absolute atomic E-state index is 11.5. The van der Waals surface area contributed by atoms with Gasteiger partial charge in [-0.15, -0.1) is 0 Å². The van der Waals surface area contributed by atoms with E-state index in [0.29, 0.717) is 0 Å². The Labute approximate surface area is 124 Å². The summed E-state index contributed by atoms with van der Waals surface area (Å²) in [6.45, 7) is 1.79. The van der Waals surface area contributed by atoms with Gasteiger partial charge >= 0.3 is 12.0 Å². The molecule has 0 aromatic heterocycles. The summed E-state index contributed by atoms with van der Waals surface area (Å²) in [5.41, 5.74) is 1.18. The maximum Gasteiger partial charge on any atom is 0.325 e. The van der Waals surface area contributed by atoms with Crippen molar-refractivity contribution in [3.05, 3.63) is 29.8 Å². The van der Waals surface area contributed by atoms with E-state index in [0.717, 1.165) is 18.6 Å². The number of methoxy groups -OCH3 is 2. The van der Waals surface area contributed by atoms with Crippen LogP contribution in [0.1, 0.15) is 18.9 Å². The van der Waals surface area contributed by atoms with Gasteiger partial charge in [-0.05, 0) is 37.5 Å². The fourth-order valence-corrected chi connectivity index (χ4v) is 1.75. The molecule has 116 valence electrons. The van der Waals surface area contributed by atoms with Crippen LogP contribution in [0.2, 0.25) is 0 Å². The van der Waals surface area contributed by atoms with Crippen molar-refractivity contribution < 1.29 is 19.1 Å². The van der Waals surface area contributed by atoms with Crippen molar-refractivity contribution in [2.45, 2.75) is 25.8 Å². The highest BCUT2D eigenvalue weighted by Gasteiger charge is 2.09. The molecule has 0 aliphatic carbocycles. The molecule has 0 bridgehead atoms. The zero-order chi connectivity index (χ0) is 15.7. The van der Waals surface area contributed by atoms with Crippen molar-refractivity contribution in [1.82, 2.24) is 10.6 Å². The molecule has 0 fully saturated rings. The monoisotopic (exact) mass is 294 g/mol. The molecule has 0 saturated heterocycles. The molecule has 1 aromatic rings. The Hall–Kier alpha value is -2.24. The third-order valence-corrected chi connectivity index (χ3v) is 3.02. The largest absolute Gasteiger partial charge is 0.497 e. The number of amides is 2. The molecule has 0 saturated carbocycles. The van der Waals surface area contributed by atoms with Crippen LogP contribution in [0.15, 0.2) is 24.3 Å². The minimum absolute atomic E-state index is 0.00440. The third kappa shape index (κ3) is 6.65. The standard InChI is InChI=1S/C15H22N2O4/c1-11(17-15(19)16-10-14(18)21-3)4-5-12-6-8-13(20-2)9-7-12/h6-9,11H,4-5,10H2,1-3H3,(H2,16,17,19). The van der Waals surface area contributed by atoms with Gasteiger partial charge in [-0.25, -0.2) is 4.79 Å². The van der Waals surface area contributed by atoms with Crippen LogP contribution >= 0.6 is 0 Å². The number of carbonyl (C=O) groups excluding carboxylic acids is 2. The molecule has 0 heterocycles. The normalized spacial score (nSPS) is 11.4. The topological polar surface area (TPSA) is 76.7 Å². The minimum Gasteiger partial charge on any atom is -0.497 e. The van der Waals surface area contributed by atoms with Crippen LogP contribution in [0, 0.1) is 0 Å². The van der Waals surface area contributed by atoms with Gasteiger partial charge in [-0.1, -0.05) is 12.1 Å². The van der Waals surface area contributed by atoms with Gasteiger partial charge in [-0.2, -0.15) is 0 Å². The lowest BCUT2D eigenvalue weighted by Crippen LogP contribution is -2.43. The Morgan fingerprint density at radius 3 is 2.43 bits per heavy atom. The highest BCUT2D eigenvalue weighted by molar-refractivity contribution is 5.80. The minimum atomic E-state index is -0.476. The molecule has 6 heteroatoms. The molecular formula is C15H22N2O4. The molecule has 0 radical (unpaired) electrons. The second-order valence-electron chi connectivity index (χ2n) is 4.69. The van der Waals surface area contributed by atoms with Gasteiger partial charge in [0, 0.05) is 6.04 Å². The number of hydrogen-bond donors (Lipinski definition) is 2. The number of ether oxygens (including phenoxy) is 2. The molecule has 0 aliphatic heterocycles. The highest BCUT2D eigenvalue weighted by Crippen LogP contribution is 2.13. The summed E-state index contributed by atoms with van der Waals surface area (Å²) in [7, 11) is 2.91. The Morgan fingerprint density at radius 2 is 1.86 bits per heavy atom. The lowest BCUT2D eigenvalue weighted by atomic mass is 10.1. The van der Waals surface area contributed by atoms with Gasteiger partial charge in [0.15, 0.2) is 0 Å². The summed E-state index contributed by atoms with van der Waals surface area (Å²) in [6, 6.07) is 7.46. The molecule has 2 N–H and O–H groups in total. The van der Waals surface area contributed by atoms with Crippen LogP contribution in [0.25, 0.3) is 0 Å². The van der Waals surface area contributed by atoms with E-state index in [2.05, 4.69) is 15.4 Å². The first-order valence-corrected chi connectivity index (χ1v) is 6.79. The number of benzene rings is 1. The lowest BCUT2D eigenvalue weighted by molar-refractivity contribution is -0.139. The quantitative estimate of drug-likeness (QED) is 0.747. The van der Waals surface area contributed by atoms with E-state index >= 15 is 0 Å². The fraction of sp³-hybridized carbons (Fsp3) is 0.467. The number of nitrogens with one attached hydrogen (secondary N) is 2. The van der Waals surface area contributed by atoms with Gasteiger partial charge in [0.05, 0.1) is 14.2 Å². The van der Waals surface area contributed by atoms with Gasteiger partial charge < -0.3 is 20.1 Å². The van der Waals surface area contributed by atoms with Crippen molar-refractivity contribution in [1.29, 1.82) is 0 Å². The summed E-state index contributed by atoms with van der Waals surface area (Å²) in [5.74, 6) is 0.350. The Balaban J connectivity index is 2.27. The summed E-state index contributed by atoms with van der Waals surface area (Å²) in [5, 5.41) is 5.21. The average molecular weight is 294 g/mol. The van der Waals surface area contributed by atoms with Crippen molar-refractivity contribution in [3.63, 3.8) is 0 Å². The van der Waals surface area contributed by atoms with Crippen LogP contribution in [0.5, 0.6) is 5.75 Å². The van der Waals surface area contributed by atoms with Crippen LogP contribution in [-0.2, 0) is 16.0 Å². The molecule has 2 amide bonds. The Kier molecular flexibility index (Phi) is 7.08. The zero-order valence-corrected chi connectivity index (χ0v) is 12.6. The molecule has 1 unspecified atom stereocenters. The first kappa shape index (κ1) is 16.8. The summed E-state index contributed by atoms with van der Waals surface area (Å²) >= 11 is 0. The highest BCUT2D eigenvalue weighted by atomic mass is 16.5. The molecule has 6 nitrogen and oxygen atoms in total. The number of aryl methyl sites for hydroxylation is 1. The van der Waals surface area contributed by atoms with Gasteiger partial charge in [0.1, 0.15) is 12.3 Å². The van der Waals surface area contributed by atoms with Crippen molar-refractivity contribution in [3.8, 4) is 5.75 Å². The second-order valence-corrected chi connectivity index (χ2v) is 4.69. The zero-order valence-electron chi connectivity index (χ0n) is 12.6. The lowest BCUT2D eigenvalue weighted by Gasteiger charge is -2.14. The predicted octanol–water partition coefficient (Wildman–Crippen LogP) is 1.49. The van der Waals surface area contributed by atoms with Crippen LogP contribution in [0.4, 0.5) is 4.79 Å². The first-order valence-electron chi connectivity index (χ1n) is 6.79. The molecule has 0 aliphatic rings. The summed E-state index contributed by atoms with van der Waals surface area (Å²) in [4.78, 5) is 22.4. The molecule has 1 rings (SSSR count). The van der Waals surface area contributed by atoms with Crippen molar-refractivity contribution >= 4 is 12.0 Å². The van der Waals surface area contributed by atoms with E-state index in [9.17, 15) is 9.59 Å². The third-order valence-electron chi connectivity index (χ3n) is 3.02. The van der Waals surface area contributed by atoms with Gasteiger partial charge in [0.25, 0.3) is 0 Å². The number of urea groups is 1. The van der Waals surface area contributed by atoms with Crippen molar-refractivity contribution in [2.75, 3.05) is 20.8 Å². The summed E-state index contributed by atoms with van der Waals surface area (Å²) < 4.78 is 9.54. The fourth-order valence-electron chi connectivity index (χ4n) is 1.75. The van der Waals surface area contributed by atoms with E-state index in [1.165, 1.54) is 12.7 Å². The molecule has 0 spiro atoms. The molecule has 1 atom stereocenters. The average Bonchev–Trinajstić information content (AvgIpc) is 2.51. The maximum atomic E-state index is 11.5. The number of esters is 1. The van der Waals surface area contributed by atoms with E-state index in [1.807, 2.05) is 31.2 Å². The van der Waals surface area contributed by atoms with E-state index in [1.54, 1.807) is 7.11 Å². The van der Waals surface area contributed by atoms with Gasteiger partial charge in [0.2, 0.25) is 0 Å². The number of rotatable bonds is 7. The van der Waals surface area contributed by atoms with Crippen LogP contribution in [0.3, 0.4) is 0 Å². The Bertz CT molecular complexity index is 459. The van der Waals surface area contributed by atoms with Crippen LogP contribution < -0.4 is 15.4 Å². The predicted molar refractivity (Wildman–Crippen MR) is 79.3 cm³/mol. The van der Waals surface area contributed by atoms with Crippen LogP contribution in [-0.4, -0.2) is 38.8 Å². The second kappa shape index (κ2) is 8.84. The van der Waals surface area contributed by atoms with E-state index < -0.39 is 5.97 Å². The first-order chi connectivity index (χ1) is 10.0. The Morgan fingerprint density at radius 1 is 1.19 bits per heavy atom. The summed E-state index contributed by atoms with van der Waals surface area (Å²) in [6.07, 6.45) is 1.65. The number of carbonyl (C=O) groups is 2. The van der Waals surface area contributed by atoms with Gasteiger partial charge in [-0.3, -0.25) is 4.79 Å². The molecule has 1 aromatic carbocycles.